The minimum absolute atomic E-state index is 0.0689. The Bertz CT molecular complexity index is 441. The molecule has 0 spiro atoms. The van der Waals surface area contributed by atoms with Gasteiger partial charge in [-0.3, -0.25) is 0 Å². The van der Waals surface area contributed by atoms with Gasteiger partial charge in [-0.1, -0.05) is 0 Å². The molecule has 0 saturated carbocycles. The van der Waals surface area contributed by atoms with Crippen LogP contribution in [0.2, 0.25) is 0 Å². The van der Waals surface area contributed by atoms with E-state index in [-0.39, 0.29) is 17.8 Å². The fourth-order valence-electron chi connectivity index (χ4n) is 0.919. The summed E-state index contributed by atoms with van der Waals surface area (Å²) in [6.45, 7) is -0.0689. The normalized spacial score (nSPS) is 11.0. The largest absolute Gasteiger partial charge is 0.574 e. The molecule has 0 amide bonds. The lowest BCUT2D eigenvalue weighted by Gasteiger charge is -2.11. The molecule has 16 heavy (non-hydrogen) atoms. The highest BCUT2D eigenvalue weighted by Gasteiger charge is 2.33. The number of pyridine rings is 1. The summed E-state index contributed by atoms with van der Waals surface area (Å²) in [5.74, 6) is -0.793. The first kappa shape index (κ1) is 12.7. The summed E-state index contributed by atoms with van der Waals surface area (Å²) in [4.78, 5) is 3.51. The summed E-state index contributed by atoms with van der Waals surface area (Å²) in [6, 6.07) is 2.73. The van der Waals surface area contributed by atoms with Crippen LogP contribution < -0.4 is 10.5 Å². The second-order valence-corrected chi connectivity index (χ2v) is 3.49. The number of hydrogen-bond donors (Lipinski definition) is 1. The quantitative estimate of drug-likeness (QED) is 0.907. The van der Waals surface area contributed by atoms with E-state index in [9.17, 15) is 13.2 Å². The van der Waals surface area contributed by atoms with E-state index in [1.54, 1.807) is 6.07 Å². The van der Waals surface area contributed by atoms with E-state index >= 15 is 0 Å². The molecule has 86 valence electrons. The molecule has 8 heteroatoms. The van der Waals surface area contributed by atoms with E-state index in [0.29, 0.717) is 4.47 Å². The van der Waals surface area contributed by atoms with Crippen LogP contribution in [0.15, 0.2) is 10.5 Å². The van der Waals surface area contributed by atoms with E-state index < -0.39 is 12.2 Å². The van der Waals surface area contributed by atoms with Gasteiger partial charge >= 0.3 is 6.36 Å². The van der Waals surface area contributed by atoms with Crippen molar-refractivity contribution in [2.24, 2.45) is 5.73 Å². The van der Waals surface area contributed by atoms with E-state index in [4.69, 9.17) is 11.0 Å². The smallest absolute Gasteiger partial charge is 0.386 e. The zero-order valence-corrected chi connectivity index (χ0v) is 9.26. The number of nitrogens with zero attached hydrogens (tertiary/aromatic N) is 2. The molecule has 1 aromatic heterocycles. The maximum Gasteiger partial charge on any atom is 0.574 e. The Morgan fingerprint density at radius 1 is 1.56 bits per heavy atom. The second kappa shape index (κ2) is 4.67. The van der Waals surface area contributed by atoms with Crippen LogP contribution >= 0.6 is 15.9 Å². The molecule has 4 nitrogen and oxygen atoms in total. The van der Waals surface area contributed by atoms with Crippen molar-refractivity contribution in [2.45, 2.75) is 12.9 Å². The molecule has 0 aromatic carbocycles. The molecule has 0 fully saturated rings. The highest BCUT2D eigenvalue weighted by molar-refractivity contribution is 9.10. The number of halogens is 4. The molecule has 1 heterocycles. The van der Waals surface area contributed by atoms with Crippen LogP contribution in [0.5, 0.6) is 5.88 Å². The molecule has 2 N–H and O–H groups in total. The van der Waals surface area contributed by atoms with Crippen molar-refractivity contribution in [1.29, 1.82) is 5.26 Å². The molecule has 1 aromatic rings. The lowest BCUT2D eigenvalue weighted by atomic mass is 10.2. The molecular formula is C8H5BrF3N3O. The predicted molar refractivity (Wildman–Crippen MR) is 51.2 cm³/mol. The van der Waals surface area contributed by atoms with E-state index in [2.05, 4.69) is 25.7 Å². The first-order valence-corrected chi connectivity index (χ1v) is 4.72. The van der Waals surface area contributed by atoms with E-state index in [1.165, 1.54) is 6.07 Å². The van der Waals surface area contributed by atoms with E-state index in [1.807, 2.05) is 0 Å². The molecule has 0 unspecified atom stereocenters. The summed E-state index contributed by atoms with van der Waals surface area (Å²) < 4.78 is 39.9. The molecule has 0 aliphatic rings. The Kier molecular flexibility index (Phi) is 3.72. The standard InChI is InChI=1S/C8H5BrF3N3O/c9-5-1-4(2-13)7(15-6(5)3-14)16-8(10,11)12/h1H,3,14H2. The monoisotopic (exact) mass is 295 g/mol. The molecule has 0 atom stereocenters. The Hall–Kier alpha value is -1.33. The number of alkyl halides is 3. The van der Waals surface area contributed by atoms with Crippen LogP contribution in [0.4, 0.5) is 13.2 Å². The highest BCUT2D eigenvalue weighted by atomic mass is 79.9. The number of hydrogen-bond acceptors (Lipinski definition) is 4. The number of ether oxygens (including phenoxy) is 1. The minimum atomic E-state index is -4.89. The highest BCUT2D eigenvalue weighted by Crippen LogP contribution is 2.27. The second-order valence-electron chi connectivity index (χ2n) is 2.63. The number of rotatable bonds is 2. The Balaban J connectivity index is 3.21. The van der Waals surface area contributed by atoms with Gasteiger partial charge in [0.2, 0.25) is 5.88 Å². The lowest BCUT2D eigenvalue weighted by Crippen LogP contribution is -2.19. The molecule has 0 aliphatic carbocycles. The Labute approximate surface area is 97.0 Å². The zero-order chi connectivity index (χ0) is 12.3. The fourth-order valence-corrected chi connectivity index (χ4v) is 1.40. The van der Waals surface area contributed by atoms with Crippen molar-refractivity contribution < 1.29 is 17.9 Å². The van der Waals surface area contributed by atoms with Gasteiger partial charge in [0, 0.05) is 11.0 Å². The van der Waals surface area contributed by atoms with Crippen molar-refractivity contribution in [3.63, 3.8) is 0 Å². The van der Waals surface area contributed by atoms with Gasteiger partial charge in [-0.2, -0.15) is 5.26 Å². The minimum Gasteiger partial charge on any atom is -0.386 e. The summed E-state index contributed by atoms with van der Waals surface area (Å²) in [5, 5.41) is 8.61. The summed E-state index contributed by atoms with van der Waals surface area (Å²) in [7, 11) is 0. The van der Waals surface area contributed by atoms with Crippen molar-refractivity contribution >= 4 is 15.9 Å². The average Bonchev–Trinajstić information content (AvgIpc) is 2.18. The SMILES string of the molecule is N#Cc1cc(Br)c(CN)nc1OC(F)(F)F. The maximum absolute atomic E-state index is 12.0. The molecule has 0 aliphatic heterocycles. The Morgan fingerprint density at radius 3 is 2.62 bits per heavy atom. The molecule has 0 bridgehead atoms. The maximum atomic E-state index is 12.0. The van der Waals surface area contributed by atoms with Gasteiger partial charge in [0.15, 0.2) is 0 Å². The molecular weight excluding hydrogens is 291 g/mol. The molecule has 0 radical (unpaired) electrons. The van der Waals surface area contributed by atoms with Gasteiger partial charge in [-0.15, -0.1) is 13.2 Å². The number of nitrogens with two attached hydrogens (primary N) is 1. The van der Waals surface area contributed by atoms with Gasteiger partial charge in [0.05, 0.1) is 5.69 Å². The topological polar surface area (TPSA) is 71.9 Å². The average molecular weight is 296 g/mol. The van der Waals surface area contributed by atoms with Crippen molar-refractivity contribution in [1.82, 2.24) is 4.98 Å². The van der Waals surface area contributed by atoms with Crippen LogP contribution in [0.1, 0.15) is 11.3 Å². The van der Waals surface area contributed by atoms with Crippen molar-refractivity contribution in [3.05, 3.63) is 21.8 Å². The molecule has 0 saturated heterocycles. The van der Waals surface area contributed by atoms with Gasteiger partial charge in [0.25, 0.3) is 0 Å². The number of aromatic nitrogens is 1. The van der Waals surface area contributed by atoms with Crippen molar-refractivity contribution in [3.8, 4) is 11.9 Å². The van der Waals surface area contributed by atoms with Crippen LogP contribution in [-0.2, 0) is 6.54 Å². The fraction of sp³-hybridized carbons (Fsp3) is 0.250. The van der Waals surface area contributed by atoms with Crippen LogP contribution in [0.3, 0.4) is 0 Å². The van der Waals surface area contributed by atoms with Gasteiger partial charge in [-0.25, -0.2) is 4.98 Å². The first-order valence-electron chi connectivity index (χ1n) is 3.92. The predicted octanol–water partition coefficient (Wildman–Crippen LogP) is 2.07. The van der Waals surface area contributed by atoms with E-state index in [0.717, 1.165) is 0 Å². The van der Waals surface area contributed by atoms with Crippen LogP contribution in [-0.4, -0.2) is 11.3 Å². The van der Waals surface area contributed by atoms with Crippen LogP contribution in [0, 0.1) is 11.3 Å². The first-order chi connectivity index (χ1) is 7.37. The molecule has 1 rings (SSSR count). The lowest BCUT2D eigenvalue weighted by molar-refractivity contribution is -0.276. The zero-order valence-electron chi connectivity index (χ0n) is 7.68. The number of nitriles is 1. The van der Waals surface area contributed by atoms with Gasteiger partial charge < -0.3 is 10.5 Å². The third-order valence-corrected chi connectivity index (χ3v) is 2.23. The third kappa shape index (κ3) is 3.08. The van der Waals surface area contributed by atoms with Crippen LogP contribution in [0.25, 0.3) is 0 Å². The summed E-state index contributed by atoms with van der Waals surface area (Å²) >= 11 is 3.03. The van der Waals surface area contributed by atoms with Gasteiger partial charge in [-0.05, 0) is 22.0 Å². The third-order valence-electron chi connectivity index (χ3n) is 1.54. The summed E-state index contributed by atoms with van der Waals surface area (Å²) in [5.41, 5.74) is 5.12. The van der Waals surface area contributed by atoms with Gasteiger partial charge in [0.1, 0.15) is 11.6 Å². The summed E-state index contributed by atoms with van der Waals surface area (Å²) in [6.07, 6.45) is -4.89. The van der Waals surface area contributed by atoms with Crippen molar-refractivity contribution in [2.75, 3.05) is 0 Å². The Morgan fingerprint density at radius 2 is 2.19 bits per heavy atom.